The Labute approximate surface area is 150 Å². The molecular formula is C18H19BrClNO2. The van der Waals surface area contributed by atoms with E-state index in [1.54, 1.807) is 18.2 Å². The largest absolute Gasteiger partial charge is 0.483 e. The van der Waals surface area contributed by atoms with E-state index in [-0.39, 0.29) is 12.5 Å². The molecule has 0 saturated carbocycles. The summed E-state index contributed by atoms with van der Waals surface area (Å²) in [6.45, 7) is 4.21. The second kappa shape index (κ2) is 8.37. The lowest BCUT2D eigenvalue weighted by atomic mass is 9.97. The van der Waals surface area contributed by atoms with Gasteiger partial charge in [0.25, 0.3) is 5.91 Å². The number of anilines is 1. The van der Waals surface area contributed by atoms with Crippen molar-refractivity contribution in [3.8, 4) is 5.75 Å². The van der Waals surface area contributed by atoms with Crippen LogP contribution in [0.2, 0.25) is 5.02 Å². The number of ether oxygens (including phenoxy) is 1. The average molecular weight is 397 g/mol. The number of para-hydroxylation sites is 1. The molecule has 0 bridgehead atoms. The zero-order valence-electron chi connectivity index (χ0n) is 13.1. The molecule has 0 heterocycles. The number of amides is 1. The van der Waals surface area contributed by atoms with Gasteiger partial charge in [0.2, 0.25) is 0 Å². The Hall–Kier alpha value is -1.52. The van der Waals surface area contributed by atoms with Gasteiger partial charge in [-0.2, -0.15) is 0 Å². The Morgan fingerprint density at radius 2 is 2.04 bits per heavy atom. The molecule has 0 fully saturated rings. The molecule has 1 atom stereocenters. The van der Waals surface area contributed by atoms with E-state index in [9.17, 15) is 4.79 Å². The molecule has 0 radical (unpaired) electrons. The molecule has 2 aromatic carbocycles. The van der Waals surface area contributed by atoms with Gasteiger partial charge < -0.3 is 10.1 Å². The van der Waals surface area contributed by atoms with Gasteiger partial charge in [0.15, 0.2) is 6.61 Å². The average Bonchev–Trinajstić information content (AvgIpc) is 2.54. The normalized spacial score (nSPS) is 11.8. The van der Waals surface area contributed by atoms with Crippen LogP contribution in [0.5, 0.6) is 5.75 Å². The molecule has 0 aliphatic heterocycles. The number of hydrogen-bond donors (Lipinski definition) is 1. The fourth-order valence-electron chi connectivity index (χ4n) is 2.18. The van der Waals surface area contributed by atoms with E-state index in [1.807, 2.05) is 24.3 Å². The number of benzene rings is 2. The van der Waals surface area contributed by atoms with E-state index in [0.29, 0.717) is 16.7 Å². The van der Waals surface area contributed by atoms with Crippen LogP contribution < -0.4 is 10.1 Å². The molecule has 23 heavy (non-hydrogen) atoms. The molecule has 0 saturated heterocycles. The van der Waals surface area contributed by atoms with E-state index in [1.165, 1.54) is 0 Å². The Bertz CT molecular complexity index is 690. The molecule has 1 amide bonds. The highest BCUT2D eigenvalue weighted by Crippen LogP contribution is 2.28. The van der Waals surface area contributed by atoms with Crippen LogP contribution in [-0.4, -0.2) is 12.5 Å². The lowest BCUT2D eigenvalue weighted by molar-refractivity contribution is -0.118. The summed E-state index contributed by atoms with van der Waals surface area (Å²) in [6, 6.07) is 13.0. The van der Waals surface area contributed by atoms with Crippen molar-refractivity contribution in [1.82, 2.24) is 0 Å². The van der Waals surface area contributed by atoms with E-state index in [4.69, 9.17) is 16.3 Å². The van der Waals surface area contributed by atoms with E-state index in [2.05, 4.69) is 35.1 Å². The fraction of sp³-hybridized carbons (Fsp3) is 0.278. The Balaban J connectivity index is 2.00. The smallest absolute Gasteiger partial charge is 0.262 e. The first-order valence-electron chi connectivity index (χ1n) is 7.48. The number of hydrogen-bond acceptors (Lipinski definition) is 2. The SMILES string of the molecule is CC[C@H](C)c1ccccc1NC(=O)COc1ccc(Cl)cc1Br. The summed E-state index contributed by atoms with van der Waals surface area (Å²) in [5, 5.41) is 3.53. The van der Waals surface area contributed by atoms with Crippen LogP contribution in [0, 0.1) is 0 Å². The van der Waals surface area contributed by atoms with Crippen molar-refractivity contribution in [2.24, 2.45) is 0 Å². The Morgan fingerprint density at radius 1 is 1.30 bits per heavy atom. The number of nitrogens with one attached hydrogen (secondary N) is 1. The summed E-state index contributed by atoms with van der Waals surface area (Å²) in [5.74, 6) is 0.778. The van der Waals surface area contributed by atoms with Crippen molar-refractivity contribution in [2.45, 2.75) is 26.2 Å². The molecule has 2 rings (SSSR count). The minimum Gasteiger partial charge on any atom is -0.483 e. The van der Waals surface area contributed by atoms with Crippen LogP contribution in [0.15, 0.2) is 46.9 Å². The summed E-state index contributed by atoms with van der Waals surface area (Å²) >= 11 is 9.25. The van der Waals surface area contributed by atoms with Gasteiger partial charge in [-0.25, -0.2) is 0 Å². The topological polar surface area (TPSA) is 38.3 Å². The maximum absolute atomic E-state index is 12.1. The molecular weight excluding hydrogens is 378 g/mol. The van der Waals surface area contributed by atoms with Gasteiger partial charge in [-0.3, -0.25) is 4.79 Å². The van der Waals surface area contributed by atoms with Crippen molar-refractivity contribution < 1.29 is 9.53 Å². The first kappa shape index (κ1) is 17.8. The Morgan fingerprint density at radius 3 is 2.74 bits per heavy atom. The minimum atomic E-state index is -0.192. The van der Waals surface area contributed by atoms with Gasteiger partial charge in [-0.05, 0) is 58.1 Å². The van der Waals surface area contributed by atoms with Crippen LogP contribution in [0.3, 0.4) is 0 Å². The second-order valence-corrected chi connectivity index (χ2v) is 6.60. The lowest BCUT2D eigenvalue weighted by Crippen LogP contribution is -2.21. The monoisotopic (exact) mass is 395 g/mol. The molecule has 122 valence electrons. The first-order chi connectivity index (χ1) is 11.0. The van der Waals surface area contributed by atoms with Gasteiger partial charge in [0, 0.05) is 10.7 Å². The van der Waals surface area contributed by atoms with E-state index in [0.717, 1.165) is 22.1 Å². The molecule has 1 N–H and O–H groups in total. The van der Waals surface area contributed by atoms with Crippen molar-refractivity contribution in [1.29, 1.82) is 0 Å². The first-order valence-corrected chi connectivity index (χ1v) is 8.65. The van der Waals surface area contributed by atoms with Crippen LogP contribution >= 0.6 is 27.5 Å². The molecule has 0 aromatic heterocycles. The maximum atomic E-state index is 12.1. The van der Waals surface area contributed by atoms with E-state index < -0.39 is 0 Å². The molecule has 3 nitrogen and oxygen atoms in total. The molecule has 0 spiro atoms. The summed E-state index contributed by atoms with van der Waals surface area (Å²) in [6.07, 6.45) is 1.01. The fourth-order valence-corrected chi connectivity index (χ4v) is 2.98. The number of carbonyl (C=O) groups excluding carboxylic acids is 1. The minimum absolute atomic E-state index is 0.0604. The molecule has 0 aliphatic rings. The van der Waals surface area contributed by atoms with E-state index >= 15 is 0 Å². The van der Waals surface area contributed by atoms with Gasteiger partial charge in [-0.15, -0.1) is 0 Å². The number of carbonyl (C=O) groups is 1. The van der Waals surface area contributed by atoms with Gasteiger partial charge in [0.1, 0.15) is 5.75 Å². The van der Waals surface area contributed by atoms with Gasteiger partial charge >= 0.3 is 0 Å². The van der Waals surface area contributed by atoms with Gasteiger partial charge in [0.05, 0.1) is 4.47 Å². The standard InChI is InChI=1S/C18H19BrClNO2/c1-3-12(2)14-6-4-5-7-16(14)21-18(22)11-23-17-9-8-13(20)10-15(17)19/h4-10,12H,3,11H2,1-2H3,(H,21,22)/t12-/m0/s1. The van der Waals surface area contributed by atoms with Crippen molar-refractivity contribution in [3.05, 3.63) is 57.5 Å². The lowest BCUT2D eigenvalue weighted by Gasteiger charge is -2.16. The highest BCUT2D eigenvalue weighted by Gasteiger charge is 2.12. The third-order valence-electron chi connectivity index (χ3n) is 3.63. The zero-order chi connectivity index (χ0) is 16.8. The highest BCUT2D eigenvalue weighted by molar-refractivity contribution is 9.10. The predicted molar refractivity (Wildman–Crippen MR) is 98.4 cm³/mol. The van der Waals surface area contributed by atoms with Crippen LogP contribution in [0.4, 0.5) is 5.69 Å². The zero-order valence-corrected chi connectivity index (χ0v) is 15.4. The quantitative estimate of drug-likeness (QED) is 0.687. The third-order valence-corrected chi connectivity index (χ3v) is 4.49. The van der Waals surface area contributed by atoms with Gasteiger partial charge in [-0.1, -0.05) is 43.6 Å². The van der Waals surface area contributed by atoms with Crippen molar-refractivity contribution >= 4 is 39.1 Å². The van der Waals surface area contributed by atoms with Crippen molar-refractivity contribution in [3.63, 3.8) is 0 Å². The summed E-state index contributed by atoms with van der Waals surface area (Å²) < 4.78 is 6.26. The maximum Gasteiger partial charge on any atom is 0.262 e. The van der Waals surface area contributed by atoms with Crippen LogP contribution in [0.25, 0.3) is 0 Å². The summed E-state index contributed by atoms with van der Waals surface area (Å²) in [5.41, 5.74) is 1.97. The summed E-state index contributed by atoms with van der Waals surface area (Å²) in [7, 11) is 0. The van der Waals surface area contributed by atoms with Crippen molar-refractivity contribution in [2.75, 3.05) is 11.9 Å². The second-order valence-electron chi connectivity index (χ2n) is 5.31. The summed E-state index contributed by atoms with van der Waals surface area (Å²) in [4.78, 5) is 12.1. The molecule has 5 heteroatoms. The number of halogens is 2. The van der Waals surface area contributed by atoms with Crippen LogP contribution in [0.1, 0.15) is 31.7 Å². The molecule has 2 aromatic rings. The molecule has 0 unspecified atom stereocenters. The highest BCUT2D eigenvalue weighted by atomic mass is 79.9. The predicted octanol–water partition coefficient (Wildman–Crippen LogP) is 5.63. The Kier molecular flexibility index (Phi) is 6.48. The number of rotatable bonds is 6. The molecule has 0 aliphatic carbocycles. The third kappa shape index (κ3) is 4.98. The van der Waals surface area contributed by atoms with Crippen LogP contribution in [-0.2, 0) is 4.79 Å².